The predicted molar refractivity (Wildman–Crippen MR) is 101 cm³/mol. The van der Waals surface area contributed by atoms with Crippen LogP contribution in [-0.4, -0.2) is 47.9 Å². The summed E-state index contributed by atoms with van der Waals surface area (Å²) in [6.45, 7) is 4.46. The van der Waals surface area contributed by atoms with Gasteiger partial charge in [-0.15, -0.1) is 0 Å². The van der Waals surface area contributed by atoms with Crippen LogP contribution in [0.5, 0.6) is 0 Å². The second-order valence-corrected chi connectivity index (χ2v) is 6.94. The van der Waals surface area contributed by atoms with Gasteiger partial charge in [0.15, 0.2) is 0 Å². The summed E-state index contributed by atoms with van der Waals surface area (Å²) in [4.78, 5) is 16.4. The van der Waals surface area contributed by atoms with Gasteiger partial charge in [-0.1, -0.05) is 0 Å². The van der Waals surface area contributed by atoms with E-state index in [0.29, 0.717) is 5.56 Å². The van der Waals surface area contributed by atoms with Crippen LogP contribution in [-0.2, 0) is 0 Å². The Labute approximate surface area is 150 Å². The molecular weight excluding hydrogens is 334 g/mol. The van der Waals surface area contributed by atoms with Crippen molar-refractivity contribution in [2.45, 2.75) is 0 Å². The fraction of sp³-hybridized carbons (Fsp3) is 0.278. The molecule has 1 saturated heterocycles. The minimum atomic E-state index is -0.133. The van der Waals surface area contributed by atoms with Crippen molar-refractivity contribution in [3.8, 4) is 0 Å². The lowest BCUT2D eigenvalue weighted by atomic mass is 10.1. The molecule has 25 heavy (non-hydrogen) atoms. The zero-order valence-corrected chi connectivity index (χ0v) is 14.8. The normalized spacial score (nSPS) is 15.5. The van der Waals surface area contributed by atoms with Crippen molar-refractivity contribution in [3.63, 3.8) is 0 Å². The molecule has 2 heterocycles. The van der Waals surface area contributed by atoms with Crippen LogP contribution < -0.4 is 15.1 Å². The second kappa shape index (κ2) is 6.78. The summed E-state index contributed by atoms with van der Waals surface area (Å²) < 4.78 is 8.34. The third kappa shape index (κ3) is 3.47. The van der Waals surface area contributed by atoms with E-state index < -0.39 is 0 Å². The first-order chi connectivity index (χ1) is 12.2. The van der Waals surface area contributed by atoms with E-state index in [-0.39, 0.29) is 5.91 Å². The molecule has 1 aromatic heterocycles. The van der Waals surface area contributed by atoms with E-state index >= 15 is 0 Å². The van der Waals surface area contributed by atoms with E-state index in [1.54, 1.807) is 17.0 Å². The minimum absolute atomic E-state index is 0.133. The first kappa shape index (κ1) is 16.0. The zero-order chi connectivity index (χ0) is 17.2. The molecule has 0 bridgehead atoms. The van der Waals surface area contributed by atoms with Gasteiger partial charge in [0.05, 0.1) is 45.0 Å². The van der Waals surface area contributed by atoms with Crippen molar-refractivity contribution < 1.29 is 9.69 Å². The Morgan fingerprint density at radius 3 is 2.56 bits per heavy atom. The van der Waals surface area contributed by atoms with Crippen LogP contribution in [0.15, 0.2) is 42.5 Å². The number of piperazine rings is 1. The number of likely N-dealkylation sites (N-methyl/N-ethyl adjacent to an activating group) is 1. The zero-order valence-electron chi connectivity index (χ0n) is 14.0. The lowest BCUT2D eigenvalue weighted by Crippen LogP contribution is -3.12. The van der Waals surface area contributed by atoms with Crippen LogP contribution in [0.25, 0.3) is 11.0 Å². The first-order valence-electron chi connectivity index (χ1n) is 8.39. The number of amides is 1. The molecule has 0 radical (unpaired) electrons. The van der Waals surface area contributed by atoms with Crippen molar-refractivity contribution in [1.29, 1.82) is 0 Å². The van der Waals surface area contributed by atoms with Gasteiger partial charge >= 0.3 is 0 Å². The average molecular weight is 354 g/mol. The van der Waals surface area contributed by atoms with Gasteiger partial charge in [-0.25, -0.2) is 0 Å². The average Bonchev–Trinajstić information content (AvgIpc) is 3.11. The largest absolute Gasteiger partial charge is 0.360 e. The summed E-state index contributed by atoms with van der Waals surface area (Å²) in [6, 6.07) is 13.4. The lowest BCUT2D eigenvalue weighted by molar-refractivity contribution is -0.880. The number of rotatable bonds is 3. The van der Waals surface area contributed by atoms with Crippen molar-refractivity contribution in [2.24, 2.45) is 0 Å². The molecule has 1 aliphatic rings. The Balaban J connectivity index is 1.44. The summed E-state index contributed by atoms with van der Waals surface area (Å²) >= 11 is 1.15. The molecule has 1 aliphatic heterocycles. The number of carbonyl (C=O) groups excluding carboxylic acids is 1. The third-order valence-electron chi connectivity index (χ3n) is 4.62. The molecule has 128 valence electrons. The molecule has 7 heteroatoms. The Bertz CT molecular complexity index is 884. The van der Waals surface area contributed by atoms with Crippen LogP contribution in [0.3, 0.4) is 0 Å². The highest BCUT2D eigenvalue weighted by molar-refractivity contribution is 7.00. The standard InChI is InChI=1S/C18H19N5OS/c1-22-8-10-23(11-9-22)15-5-3-14(4-6-15)19-18(24)13-2-7-16-17(12-13)21-25-20-16/h2-7,12H,8-11H2,1H3,(H,19,24)/p+1. The third-order valence-corrected chi connectivity index (χ3v) is 5.18. The van der Waals surface area contributed by atoms with Gasteiger partial charge in [-0.05, 0) is 42.5 Å². The van der Waals surface area contributed by atoms with Gasteiger partial charge in [0, 0.05) is 16.9 Å². The van der Waals surface area contributed by atoms with Crippen molar-refractivity contribution >= 4 is 40.0 Å². The van der Waals surface area contributed by atoms with Crippen LogP contribution in [0.4, 0.5) is 11.4 Å². The van der Waals surface area contributed by atoms with E-state index in [9.17, 15) is 4.79 Å². The molecule has 0 atom stereocenters. The quantitative estimate of drug-likeness (QED) is 0.744. The second-order valence-electron chi connectivity index (χ2n) is 6.41. The van der Waals surface area contributed by atoms with Gasteiger partial charge in [0.25, 0.3) is 5.91 Å². The molecule has 2 aromatic carbocycles. The SMILES string of the molecule is C[NH+]1CCN(c2ccc(NC(=O)c3ccc4nsnc4c3)cc2)CC1. The molecule has 2 N–H and O–H groups in total. The van der Waals surface area contributed by atoms with E-state index in [2.05, 4.69) is 38.1 Å². The monoisotopic (exact) mass is 354 g/mol. The number of nitrogens with one attached hydrogen (secondary N) is 2. The summed E-state index contributed by atoms with van der Waals surface area (Å²) in [5.41, 5.74) is 4.17. The van der Waals surface area contributed by atoms with E-state index in [1.165, 1.54) is 5.69 Å². The number of carbonyl (C=O) groups is 1. The topological polar surface area (TPSA) is 62.6 Å². The van der Waals surface area contributed by atoms with Crippen molar-refractivity contribution in [3.05, 3.63) is 48.0 Å². The maximum absolute atomic E-state index is 12.4. The van der Waals surface area contributed by atoms with Crippen LogP contribution in [0.2, 0.25) is 0 Å². The van der Waals surface area contributed by atoms with Gasteiger partial charge in [-0.2, -0.15) is 8.75 Å². The molecule has 0 unspecified atom stereocenters. The Morgan fingerprint density at radius 1 is 1.08 bits per heavy atom. The molecule has 6 nitrogen and oxygen atoms in total. The van der Waals surface area contributed by atoms with E-state index in [4.69, 9.17) is 0 Å². The molecule has 1 fully saturated rings. The van der Waals surface area contributed by atoms with Crippen LogP contribution in [0.1, 0.15) is 10.4 Å². The molecule has 0 aliphatic carbocycles. The van der Waals surface area contributed by atoms with Gasteiger partial charge in [0.1, 0.15) is 11.0 Å². The molecule has 0 saturated carbocycles. The van der Waals surface area contributed by atoms with Crippen LogP contribution in [0, 0.1) is 0 Å². The Morgan fingerprint density at radius 2 is 1.80 bits per heavy atom. The number of anilines is 2. The number of aromatic nitrogens is 2. The Hall–Kier alpha value is -2.51. The fourth-order valence-corrected chi connectivity index (χ4v) is 3.55. The van der Waals surface area contributed by atoms with Gasteiger partial charge < -0.3 is 15.1 Å². The maximum Gasteiger partial charge on any atom is 0.255 e. The lowest BCUT2D eigenvalue weighted by Gasteiger charge is -2.31. The molecule has 0 spiro atoms. The predicted octanol–water partition coefficient (Wildman–Crippen LogP) is 1.28. The maximum atomic E-state index is 12.4. The van der Waals surface area contributed by atoms with Crippen molar-refractivity contribution in [2.75, 3.05) is 43.4 Å². The molecule has 4 rings (SSSR count). The first-order valence-corrected chi connectivity index (χ1v) is 9.12. The Kier molecular flexibility index (Phi) is 4.33. The highest BCUT2D eigenvalue weighted by atomic mass is 32.1. The van der Waals surface area contributed by atoms with Gasteiger partial charge in [-0.3, -0.25) is 4.79 Å². The summed E-state index contributed by atoms with van der Waals surface area (Å²) in [6.07, 6.45) is 0. The molecule has 3 aromatic rings. The van der Waals surface area contributed by atoms with Crippen LogP contribution >= 0.6 is 11.7 Å². The number of nitrogens with zero attached hydrogens (tertiary/aromatic N) is 3. The van der Waals surface area contributed by atoms with E-state index in [0.717, 1.165) is 54.6 Å². The fourth-order valence-electron chi connectivity index (χ4n) is 3.03. The van der Waals surface area contributed by atoms with Gasteiger partial charge in [0.2, 0.25) is 0 Å². The number of quaternary nitrogens is 1. The highest BCUT2D eigenvalue weighted by Gasteiger charge is 2.17. The number of hydrogen-bond acceptors (Lipinski definition) is 5. The summed E-state index contributed by atoms with van der Waals surface area (Å²) in [7, 11) is 2.23. The molecule has 1 amide bonds. The summed E-state index contributed by atoms with van der Waals surface area (Å²) in [5.74, 6) is -0.133. The number of hydrogen-bond donors (Lipinski definition) is 2. The molecular formula is C18H20N5OS+. The summed E-state index contributed by atoms with van der Waals surface area (Å²) in [5, 5.41) is 2.95. The minimum Gasteiger partial charge on any atom is -0.360 e. The van der Waals surface area contributed by atoms with Crippen molar-refractivity contribution in [1.82, 2.24) is 8.75 Å². The highest BCUT2D eigenvalue weighted by Crippen LogP contribution is 2.19. The number of benzene rings is 2. The van der Waals surface area contributed by atoms with E-state index in [1.807, 2.05) is 18.2 Å². The smallest absolute Gasteiger partial charge is 0.255 e. The number of fused-ring (bicyclic) bond motifs is 1.